The van der Waals surface area contributed by atoms with Gasteiger partial charge in [0.2, 0.25) is 10.0 Å². The maximum absolute atomic E-state index is 14.6. The Bertz CT molecular complexity index is 1660. The summed E-state index contributed by atoms with van der Waals surface area (Å²) in [7, 11) is -4.52. The molecular formula is C28H26Cl4N4O7S. The van der Waals surface area contributed by atoms with Crippen LogP contribution in [0.3, 0.4) is 0 Å². The Morgan fingerprint density at radius 1 is 1.07 bits per heavy atom. The van der Waals surface area contributed by atoms with E-state index in [2.05, 4.69) is 10.4 Å². The first-order chi connectivity index (χ1) is 20.7. The van der Waals surface area contributed by atoms with Crippen LogP contribution in [0.15, 0.2) is 65.8 Å². The predicted molar refractivity (Wildman–Crippen MR) is 164 cm³/mol. The van der Waals surface area contributed by atoms with E-state index in [9.17, 15) is 33.0 Å². The van der Waals surface area contributed by atoms with E-state index in [1.165, 1.54) is 13.0 Å². The molecule has 16 heteroatoms. The number of halogens is 4. The summed E-state index contributed by atoms with van der Waals surface area (Å²) in [5.74, 6) is -4.68. The molecule has 3 N–H and O–H groups in total. The number of hydrazine groups is 1. The van der Waals surface area contributed by atoms with E-state index in [1.807, 2.05) is 0 Å². The van der Waals surface area contributed by atoms with Gasteiger partial charge in [-0.2, -0.15) is 4.31 Å². The number of hydrogen-bond acceptors (Lipinski definition) is 7. The van der Waals surface area contributed by atoms with E-state index in [0.717, 1.165) is 28.8 Å². The standard InChI is InChI=1S/C28H26Cl4N4O7S/c1-28(17(15-37)7-8-35(28)44(42,43)20-11-18(29)10-19(30)12-20)27(41)36(23(26(39)40)9-16-5-3-2-4-6-16)34-25(38)24-21(31)13-33-14-22(24)32/h2-6,10-14,17,23,37H,7-9,15H2,1H3,(H,34,38)(H,39,40)/t17-,23+,28+/m1/s1. The van der Waals surface area contributed by atoms with Crippen molar-refractivity contribution >= 4 is 74.2 Å². The van der Waals surface area contributed by atoms with Gasteiger partial charge in [-0.1, -0.05) is 76.7 Å². The monoisotopic (exact) mass is 702 g/mol. The fraction of sp³-hybridized carbons (Fsp3) is 0.286. The lowest BCUT2D eigenvalue weighted by molar-refractivity contribution is -0.158. The third kappa shape index (κ3) is 6.66. The molecule has 3 atom stereocenters. The summed E-state index contributed by atoms with van der Waals surface area (Å²) in [6.07, 6.45) is 2.03. The molecule has 1 saturated heterocycles. The number of carboxylic acid groups (broad SMARTS) is 1. The van der Waals surface area contributed by atoms with Crippen molar-refractivity contribution in [1.29, 1.82) is 0 Å². The minimum atomic E-state index is -4.52. The van der Waals surface area contributed by atoms with Gasteiger partial charge in [0.25, 0.3) is 11.8 Å². The van der Waals surface area contributed by atoms with Gasteiger partial charge in [0, 0.05) is 47.9 Å². The molecule has 4 rings (SSSR count). The smallest absolute Gasteiger partial charge is 0.328 e. The SMILES string of the molecule is C[C@@]1(C(=O)N(NC(=O)c2c(Cl)cncc2Cl)[C@@H](Cc2ccccc2)C(=O)O)[C@@H](CO)CCN1S(=O)(=O)c1cc(Cl)cc(Cl)c1. The number of carboxylic acids is 1. The predicted octanol–water partition coefficient (Wildman–Crippen LogP) is 4.33. The lowest BCUT2D eigenvalue weighted by atomic mass is 9.86. The molecule has 2 aromatic carbocycles. The number of aliphatic carboxylic acids is 1. The number of pyridine rings is 1. The molecule has 0 aliphatic carbocycles. The van der Waals surface area contributed by atoms with Crippen molar-refractivity contribution in [3.8, 4) is 0 Å². The molecule has 2 heterocycles. The summed E-state index contributed by atoms with van der Waals surface area (Å²) in [6.45, 7) is 0.408. The quantitative estimate of drug-likeness (QED) is 0.278. The molecular weight excluding hydrogens is 678 g/mol. The Morgan fingerprint density at radius 2 is 1.66 bits per heavy atom. The Labute approximate surface area is 273 Å². The first-order valence-electron chi connectivity index (χ1n) is 13.0. The fourth-order valence-corrected chi connectivity index (χ4v) is 8.22. The number of carbonyl (C=O) groups excluding carboxylic acids is 2. The van der Waals surface area contributed by atoms with E-state index >= 15 is 0 Å². The van der Waals surface area contributed by atoms with E-state index in [4.69, 9.17) is 46.4 Å². The number of aliphatic hydroxyl groups is 1. The number of rotatable bonds is 9. The first-order valence-corrected chi connectivity index (χ1v) is 16.0. The summed E-state index contributed by atoms with van der Waals surface area (Å²) < 4.78 is 28.8. The molecule has 0 radical (unpaired) electrons. The molecule has 11 nitrogen and oxygen atoms in total. The number of aliphatic hydroxyl groups excluding tert-OH is 1. The van der Waals surface area contributed by atoms with E-state index in [-0.39, 0.29) is 49.9 Å². The van der Waals surface area contributed by atoms with Crippen molar-refractivity contribution in [2.45, 2.75) is 36.2 Å². The van der Waals surface area contributed by atoms with Gasteiger partial charge in [-0.25, -0.2) is 18.2 Å². The van der Waals surface area contributed by atoms with Crippen LogP contribution >= 0.6 is 46.4 Å². The van der Waals surface area contributed by atoms with Crippen LogP contribution in [-0.4, -0.2) is 75.4 Å². The van der Waals surface area contributed by atoms with Gasteiger partial charge in [-0.15, -0.1) is 0 Å². The molecule has 1 aliphatic heterocycles. The molecule has 44 heavy (non-hydrogen) atoms. The maximum Gasteiger partial charge on any atom is 0.328 e. The number of benzene rings is 2. The second-order valence-corrected chi connectivity index (χ2v) is 13.7. The van der Waals surface area contributed by atoms with Crippen LogP contribution in [0.1, 0.15) is 29.3 Å². The Balaban J connectivity index is 1.86. The number of amides is 2. The van der Waals surface area contributed by atoms with Crippen LogP contribution in [0.4, 0.5) is 0 Å². The third-order valence-corrected chi connectivity index (χ3v) is 10.4. The summed E-state index contributed by atoms with van der Waals surface area (Å²) in [5, 5.41) is 20.9. The second-order valence-electron chi connectivity index (χ2n) is 10.1. The molecule has 3 aromatic rings. The van der Waals surface area contributed by atoms with Gasteiger partial charge in [-0.05, 0) is 37.1 Å². The molecule has 234 valence electrons. The molecule has 0 saturated carbocycles. The zero-order valence-corrected chi connectivity index (χ0v) is 26.8. The second kappa shape index (κ2) is 13.6. The zero-order chi connectivity index (χ0) is 32.4. The van der Waals surface area contributed by atoms with E-state index in [0.29, 0.717) is 10.6 Å². The van der Waals surface area contributed by atoms with Crippen LogP contribution in [0.2, 0.25) is 20.1 Å². The van der Waals surface area contributed by atoms with Gasteiger partial charge in [0.1, 0.15) is 5.54 Å². The summed E-state index contributed by atoms with van der Waals surface area (Å²) in [6, 6.07) is 10.2. The van der Waals surface area contributed by atoms with Crippen molar-refractivity contribution in [3.63, 3.8) is 0 Å². The summed E-state index contributed by atoms with van der Waals surface area (Å²) >= 11 is 24.5. The van der Waals surface area contributed by atoms with Crippen molar-refractivity contribution < 1.29 is 33.0 Å². The number of carbonyl (C=O) groups is 3. The average molecular weight is 704 g/mol. The lowest BCUT2D eigenvalue weighted by Crippen LogP contribution is -2.66. The van der Waals surface area contributed by atoms with Gasteiger partial charge in [0.15, 0.2) is 6.04 Å². The highest BCUT2D eigenvalue weighted by Crippen LogP contribution is 2.41. The highest BCUT2D eigenvalue weighted by atomic mass is 35.5. The van der Waals surface area contributed by atoms with E-state index in [1.54, 1.807) is 30.3 Å². The maximum atomic E-state index is 14.6. The minimum absolute atomic E-state index is 0.0239. The summed E-state index contributed by atoms with van der Waals surface area (Å²) in [4.78, 5) is 44.4. The third-order valence-electron chi connectivity index (χ3n) is 7.46. The minimum Gasteiger partial charge on any atom is -0.480 e. The highest BCUT2D eigenvalue weighted by molar-refractivity contribution is 7.89. The lowest BCUT2D eigenvalue weighted by Gasteiger charge is -2.41. The van der Waals surface area contributed by atoms with Gasteiger partial charge in [-0.3, -0.25) is 20.0 Å². The number of aromatic nitrogens is 1. The fourth-order valence-electron chi connectivity index (χ4n) is 5.15. The average Bonchev–Trinajstić information content (AvgIpc) is 3.32. The number of nitrogens with zero attached hydrogens (tertiary/aromatic N) is 3. The molecule has 1 fully saturated rings. The van der Waals surface area contributed by atoms with Crippen LogP contribution in [-0.2, 0) is 26.0 Å². The van der Waals surface area contributed by atoms with Crippen molar-refractivity contribution in [2.24, 2.45) is 5.92 Å². The molecule has 2 amide bonds. The van der Waals surface area contributed by atoms with Gasteiger partial charge in [0.05, 0.1) is 20.5 Å². The van der Waals surface area contributed by atoms with E-state index < -0.39 is 51.9 Å². The number of nitrogens with one attached hydrogen (secondary N) is 1. The van der Waals surface area contributed by atoms with Crippen molar-refractivity contribution in [1.82, 2.24) is 19.7 Å². The summed E-state index contributed by atoms with van der Waals surface area (Å²) in [5.41, 5.74) is 0.431. The highest BCUT2D eigenvalue weighted by Gasteiger charge is 2.58. The topological polar surface area (TPSA) is 157 Å². The largest absolute Gasteiger partial charge is 0.480 e. The van der Waals surface area contributed by atoms with Crippen LogP contribution in [0.5, 0.6) is 0 Å². The van der Waals surface area contributed by atoms with Gasteiger partial charge >= 0.3 is 5.97 Å². The van der Waals surface area contributed by atoms with Crippen molar-refractivity contribution in [2.75, 3.05) is 13.2 Å². The Kier molecular flexibility index (Phi) is 10.5. The number of sulfonamides is 1. The normalized spacial score (nSPS) is 19.4. The van der Waals surface area contributed by atoms with Crippen LogP contribution in [0, 0.1) is 5.92 Å². The Hall–Kier alpha value is -2.97. The molecule has 0 unspecified atom stereocenters. The number of hydrogen-bond donors (Lipinski definition) is 3. The first kappa shape index (κ1) is 33.9. The Morgan fingerprint density at radius 3 is 2.20 bits per heavy atom. The molecule has 1 aromatic heterocycles. The molecule has 1 aliphatic rings. The van der Waals surface area contributed by atoms with Crippen LogP contribution in [0.25, 0.3) is 0 Å². The van der Waals surface area contributed by atoms with Crippen molar-refractivity contribution in [3.05, 3.63) is 92.1 Å². The van der Waals surface area contributed by atoms with Crippen LogP contribution < -0.4 is 5.43 Å². The molecule has 0 spiro atoms. The molecule has 0 bridgehead atoms. The van der Waals surface area contributed by atoms with Gasteiger partial charge < -0.3 is 10.2 Å². The zero-order valence-electron chi connectivity index (χ0n) is 23.0.